The molecule has 2 saturated heterocycles. The van der Waals surface area contributed by atoms with E-state index in [1.165, 1.54) is 24.5 Å². The Kier molecular flexibility index (Phi) is 14.8. The van der Waals surface area contributed by atoms with Crippen LogP contribution in [0.2, 0.25) is 0 Å². The fourth-order valence-corrected chi connectivity index (χ4v) is 5.19. The molecule has 2 amide bonds. The minimum Gasteiger partial charge on any atom is -0.474 e. The number of carbonyl (C=O) groups excluding carboxylic acids is 2. The van der Waals surface area contributed by atoms with E-state index in [-0.39, 0.29) is 48.9 Å². The first-order valence-corrected chi connectivity index (χ1v) is 16.9. The molecule has 2 aliphatic rings. The van der Waals surface area contributed by atoms with Gasteiger partial charge in [-0.2, -0.15) is 0 Å². The molecule has 4 heterocycles. The van der Waals surface area contributed by atoms with Crippen molar-refractivity contribution in [2.24, 2.45) is 22.7 Å². The summed E-state index contributed by atoms with van der Waals surface area (Å²) in [5.41, 5.74) is -1.89. The van der Waals surface area contributed by atoms with E-state index in [4.69, 9.17) is 9.47 Å². The van der Waals surface area contributed by atoms with Crippen LogP contribution in [0.4, 0.5) is 26.3 Å². The summed E-state index contributed by atoms with van der Waals surface area (Å²) < 4.78 is 93.2. The van der Waals surface area contributed by atoms with Crippen molar-refractivity contribution in [1.82, 2.24) is 31.2 Å². The standard InChI is InChI=1S/2C17H24F3N3O3/c2*1-11-9-21-8-6-12(11)23-15(24)16(2,3)10-25-14-13(5-4-7-22-14)26-17(18,19)20/h2*4-5,7,11-12,21H,6,8-10H2,1-3H3,(H,23,24)/t2*11-,12-/m10/s1. The number of aromatic nitrogens is 2. The van der Waals surface area contributed by atoms with Crippen LogP contribution in [0.3, 0.4) is 0 Å². The molecule has 2 aromatic rings. The lowest BCUT2D eigenvalue weighted by Gasteiger charge is -2.33. The third kappa shape index (κ3) is 13.8. The Morgan fingerprint density at radius 1 is 0.712 bits per heavy atom. The van der Waals surface area contributed by atoms with Gasteiger partial charge in [-0.1, -0.05) is 13.8 Å². The highest BCUT2D eigenvalue weighted by molar-refractivity contribution is 5.82. The predicted octanol–water partition coefficient (Wildman–Crippen LogP) is 5.00. The second-order valence-corrected chi connectivity index (χ2v) is 14.2. The molecule has 12 nitrogen and oxygen atoms in total. The molecule has 4 N–H and O–H groups in total. The van der Waals surface area contributed by atoms with Gasteiger partial charge >= 0.3 is 12.7 Å². The molecule has 0 aromatic carbocycles. The fraction of sp³-hybridized carbons (Fsp3) is 0.647. The van der Waals surface area contributed by atoms with Crippen LogP contribution in [0, 0.1) is 22.7 Å². The van der Waals surface area contributed by atoms with Crippen molar-refractivity contribution in [3.05, 3.63) is 36.7 Å². The molecule has 18 heteroatoms. The maximum Gasteiger partial charge on any atom is 0.573 e. The summed E-state index contributed by atoms with van der Waals surface area (Å²) in [5, 5.41) is 12.5. The number of halogens is 6. The van der Waals surface area contributed by atoms with Crippen LogP contribution in [0.25, 0.3) is 0 Å². The van der Waals surface area contributed by atoms with E-state index in [0.717, 1.165) is 51.2 Å². The van der Waals surface area contributed by atoms with Gasteiger partial charge in [0.05, 0.1) is 10.8 Å². The average Bonchev–Trinajstić information content (AvgIpc) is 3.05. The number of amides is 2. The Labute approximate surface area is 299 Å². The Morgan fingerprint density at radius 3 is 1.40 bits per heavy atom. The lowest BCUT2D eigenvalue weighted by molar-refractivity contribution is -0.276. The van der Waals surface area contributed by atoms with Gasteiger partial charge < -0.3 is 40.2 Å². The second-order valence-electron chi connectivity index (χ2n) is 14.2. The molecule has 292 valence electrons. The predicted molar refractivity (Wildman–Crippen MR) is 178 cm³/mol. The van der Waals surface area contributed by atoms with Gasteiger partial charge in [0, 0.05) is 24.5 Å². The van der Waals surface area contributed by atoms with E-state index >= 15 is 0 Å². The lowest BCUT2D eigenvalue weighted by atomic mass is 9.90. The Morgan fingerprint density at radius 2 is 1.08 bits per heavy atom. The second kappa shape index (κ2) is 18.1. The zero-order valence-electron chi connectivity index (χ0n) is 30.0. The molecule has 2 aromatic heterocycles. The van der Waals surface area contributed by atoms with E-state index in [1.807, 2.05) is 0 Å². The van der Waals surface area contributed by atoms with Gasteiger partial charge in [0.1, 0.15) is 13.2 Å². The number of hydrogen-bond donors (Lipinski definition) is 4. The molecule has 4 rings (SSSR count). The first-order valence-electron chi connectivity index (χ1n) is 16.9. The monoisotopic (exact) mass is 750 g/mol. The summed E-state index contributed by atoms with van der Waals surface area (Å²) in [7, 11) is 0. The number of nitrogens with zero attached hydrogens (tertiary/aromatic N) is 2. The number of carbonyl (C=O) groups is 2. The van der Waals surface area contributed by atoms with Crippen LogP contribution in [-0.2, 0) is 9.59 Å². The van der Waals surface area contributed by atoms with Crippen LogP contribution in [-0.4, -0.2) is 86.0 Å². The number of hydrogen-bond acceptors (Lipinski definition) is 10. The molecule has 4 atom stereocenters. The maximum absolute atomic E-state index is 12.6. The Hall–Kier alpha value is -4.06. The minimum atomic E-state index is -4.85. The quantitative estimate of drug-likeness (QED) is 0.219. The molecular weight excluding hydrogens is 702 g/mol. The molecule has 52 heavy (non-hydrogen) atoms. The number of ether oxygens (including phenoxy) is 4. The minimum absolute atomic E-state index is 0.0574. The zero-order valence-corrected chi connectivity index (χ0v) is 30.0. The molecule has 2 aliphatic heterocycles. The molecule has 0 saturated carbocycles. The van der Waals surface area contributed by atoms with Gasteiger partial charge in [0.15, 0.2) is 11.5 Å². The van der Waals surface area contributed by atoms with Gasteiger partial charge in [-0.3, -0.25) is 9.59 Å². The van der Waals surface area contributed by atoms with Crippen molar-refractivity contribution in [3.63, 3.8) is 0 Å². The van der Waals surface area contributed by atoms with Crippen molar-refractivity contribution in [2.75, 3.05) is 39.4 Å². The van der Waals surface area contributed by atoms with E-state index < -0.39 is 35.1 Å². The zero-order chi connectivity index (χ0) is 38.7. The normalized spacial score (nSPS) is 21.2. The number of alkyl halides is 6. The average molecular weight is 751 g/mol. The SMILES string of the molecule is C[C@@H]1CNCC[C@H]1NC(=O)C(C)(C)COc1ncccc1OC(F)(F)F.C[C@H]1CNCC[C@@H]1NC(=O)C(C)(C)COc1ncccc1OC(F)(F)F. The first-order chi connectivity index (χ1) is 24.2. The van der Waals surface area contributed by atoms with E-state index in [2.05, 4.69) is 54.6 Å². The van der Waals surface area contributed by atoms with E-state index in [9.17, 15) is 35.9 Å². The maximum atomic E-state index is 12.6. The molecule has 2 fully saturated rings. The van der Waals surface area contributed by atoms with Crippen LogP contribution < -0.4 is 40.2 Å². The van der Waals surface area contributed by atoms with E-state index in [0.29, 0.717) is 11.8 Å². The lowest BCUT2D eigenvalue weighted by Crippen LogP contribution is -2.52. The summed E-state index contributed by atoms with van der Waals surface area (Å²) >= 11 is 0. The first kappa shape index (κ1) is 42.4. The van der Waals surface area contributed by atoms with Crippen LogP contribution in [0.5, 0.6) is 23.3 Å². The highest BCUT2D eigenvalue weighted by Gasteiger charge is 2.37. The van der Waals surface area contributed by atoms with Crippen LogP contribution >= 0.6 is 0 Å². The summed E-state index contributed by atoms with van der Waals surface area (Å²) in [6.07, 6.45) is -5.45. The largest absolute Gasteiger partial charge is 0.573 e. The van der Waals surface area contributed by atoms with Crippen LogP contribution in [0.15, 0.2) is 36.7 Å². The van der Waals surface area contributed by atoms with Crippen molar-refractivity contribution >= 4 is 11.8 Å². The van der Waals surface area contributed by atoms with E-state index in [1.54, 1.807) is 27.7 Å². The van der Waals surface area contributed by atoms with Crippen molar-refractivity contribution < 1.29 is 54.9 Å². The third-order valence-corrected chi connectivity index (χ3v) is 8.50. The summed E-state index contributed by atoms with van der Waals surface area (Å²) in [5.74, 6) is -1.52. The van der Waals surface area contributed by atoms with Gasteiger partial charge in [0.25, 0.3) is 11.8 Å². The number of nitrogens with one attached hydrogen (secondary N) is 4. The fourth-order valence-electron chi connectivity index (χ4n) is 5.19. The van der Waals surface area contributed by atoms with Gasteiger partial charge in [-0.15, -0.1) is 26.3 Å². The highest BCUT2D eigenvalue weighted by atomic mass is 19.4. The summed E-state index contributed by atoms with van der Waals surface area (Å²) in [6, 6.07) is 4.96. The molecule has 0 radical (unpaired) electrons. The molecule has 0 unspecified atom stereocenters. The third-order valence-electron chi connectivity index (χ3n) is 8.50. The Balaban J connectivity index is 0.000000280. The van der Waals surface area contributed by atoms with Gasteiger partial charge in [-0.25, -0.2) is 9.97 Å². The van der Waals surface area contributed by atoms with Gasteiger partial charge in [-0.05, 0) is 103 Å². The summed E-state index contributed by atoms with van der Waals surface area (Å²) in [6.45, 7) is 13.8. The van der Waals surface area contributed by atoms with Crippen molar-refractivity contribution in [3.8, 4) is 23.3 Å². The summed E-state index contributed by atoms with van der Waals surface area (Å²) in [4.78, 5) is 32.7. The number of rotatable bonds is 12. The number of pyridine rings is 2. The molecule has 0 spiro atoms. The molecule has 0 aliphatic carbocycles. The topological polar surface area (TPSA) is 145 Å². The Bertz CT molecular complexity index is 1350. The number of piperidine rings is 2. The smallest absolute Gasteiger partial charge is 0.474 e. The van der Waals surface area contributed by atoms with Crippen molar-refractivity contribution in [1.29, 1.82) is 0 Å². The molecular formula is C34H48F6N6O6. The van der Waals surface area contributed by atoms with Gasteiger partial charge in [0.2, 0.25) is 11.8 Å². The highest BCUT2D eigenvalue weighted by Crippen LogP contribution is 2.32. The van der Waals surface area contributed by atoms with Crippen molar-refractivity contribution in [2.45, 2.75) is 79.2 Å². The van der Waals surface area contributed by atoms with Crippen LogP contribution in [0.1, 0.15) is 54.4 Å². The molecule has 0 bridgehead atoms.